The van der Waals surface area contributed by atoms with Gasteiger partial charge in [-0.25, -0.2) is 0 Å². The molecule has 0 saturated carbocycles. The maximum Gasteiger partial charge on any atom is 0.187 e. The smallest absolute Gasteiger partial charge is 0.187 e. The zero-order chi connectivity index (χ0) is 3.58. The van der Waals surface area contributed by atoms with Crippen molar-refractivity contribution in [3.63, 3.8) is 0 Å². The molecular formula is C3H15AlN2. The monoisotopic (exact) mass is 106 g/mol. The summed E-state index contributed by atoms with van der Waals surface area (Å²) in [4.78, 5) is 2.00. The fraction of sp³-hybridized carbons (Fsp3) is 1.00. The number of hydrogen-bond acceptors (Lipinski definition) is 2. The quantitative estimate of drug-likeness (QED) is 0.409. The van der Waals surface area contributed by atoms with E-state index in [0.717, 1.165) is 0 Å². The van der Waals surface area contributed by atoms with Crippen LogP contribution < -0.4 is 6.15 Å². The summed E-state index contributed by atoms with van der Waals surface area (Å²) in [5, 5.41) is 0. The van der Waals surface area contributed by atoms with Crippen LogP contribution in [0.1, 0.15) is 0 Å². The first-order chi connectivity index (χ1) is 1.73. The molecule has 40 valence electrons. The summed E-state index contributed by atoms with van der Waals surface area (Å²) in [6, 6.07) is 0. The third-order valence-corrected chi connectivity index (χ3v) is 0. The Morgan fingerprint density at radius 2 is 1.00 bits per heavy atom. The van der Waals surface area contributed by atoms with Gasteiger partial charge < -0.3 is 11.1 Å². The van der Waals surface area contributed by atoms with E-state index in [0.29, 0.717) is 0 Å². The van der Waals surface area contributed by atoms with Crippen LogP contribution in [-0.2, 0) is 0 Å². The Balaban J connectivity index is -0.0000000450. The van der Waals surface area contributed by atoms with Crippen molar-refractivity contribution >= 4 is 17.4 Å². The lowest BCUT2D eigenvalue weighted by molar-refractivity contribution is 0.505. The van der Waals surface area contributed by atoms with Crippen molar-refractivity contribution in [2.24, 2.45) is 0 Å². The van der Waals surface area contributed by atoms with Crippen LogP contribution >= 0.6 is 0 Å². The van der Waals surface area contributed by atoms with Gasteiger partial charge in [0.05, 0.1) is 0 Å². The van der Waals surface area contributed by atoms with Gasteiger partial charge in [0, 0.05) is 0 Å². The minimum Gasteiger partial charge on any atom is -0.344 e. The normalized spacial score (nSPS) is 6.00. The van der Waals surface area contributed by atoms with Crippen LogP contribution in [0, 0.1) is 0 Å². The van der Waals surface area contributed by atoms with Crippen LogP contribution in [0.5, 0.6) is 0 Å². The molecule has 0 rings (SSSR count). The summed E-state index contributed by atoms with van der Waals surface area (Å²) in [6.07, 6.45) is 0. The zero-order valence-corrected chi connectivity index (χ0v) is 4.15. The van der Waals surface area contributed by atoms with Gasteiger partial charge in [0.2, 0.25) is 0 Å². The second-order valence-electron chi connectivity index (χ2n) is 1.34. The molecule has 0 aromatic heterocycles. The molecule has 0 unspecified atom stereocenters. The lowest BCUT2D eigenvalue weighted by Gasteiger charge is -1.90. The van der Waals surface area contributed by atoms with Gasteiger partial charge >= 0.3 is 0 Å². The number of hydrogen-bond donors (Lipinski definition) is 1. The molecule has 0 fully saturated rings. The van der Waals surface area contributed by atoms with E-state index < -0.39 is 0 Å². The Kier molecular flexibility index (Phi) is 24.3. The van der Waals surface area contributed by atoms with Crippen molar-refractivity contribution in [1.29, 1.82) is 0 Å². The average Bonchev–Trinajstić information content (AvgIpc) is 0.811. The molecule has 6 heavy (non-hydrogen) atoms. The molecule has 0 saturated heterocycles. The van der Waals surface area contributed by atoms with Crippen molar-refractivity contribution in [2.75, 3.05) is 21.1 Å². The highest BCUT2D eigenvalue weighted by Gasteiger charge is 1.58. The van der Waals surface area contributed by atoms with Crippen molar-refractivity contribution in [2.45, 2.75) is 0 Å². The van der Waals surface area contributed by atoms with E-state index in [1.54, 1.807) is 0 Å². The van der Waals surface area contributed by atoms with Crippen LogP contribution in [-0.4, -0.2) is 43.4 Å². The van der Waals surface area contributed by atoms with Crippen LogP contribution in [0.15, 0.2) is 0 Å². The van der Waals surface area contributed by atoms with E-state index in [9.17, 15) is 0 Å². The Labute approximate surface area is 50.2 Å². The van der Waals surface area contributed by atoms with Crippen molar-refractivity contribution in [3.05, 3.63) is 0 Å². The topological polar surface area (TPSA) is 38.2 Å². The van der Waals surface area contributed by atoms with E-state index in [4.69, 9.17) is 0 Å². The first-order valence-electron chi connectivity index (χ1n) is 1.34. The third kappa shape index (κ3) is 259. The number of nitrogens with zero attached hydrogens (tertiary/aromatic N) is 1. The van der Waals surface area contributed by atoms with Gasteiger partial charge in [0.1, 0.15) is 0 Å². The summed E-state index contributed by atoms with van der Waals surface area (Å²) in [7, 11) is 6.00. The van der Waals surface area contributed by atoms with Crippen molar-refractivity contribution in [1.82, 2.24) is 11.1 Å². The van der Waals surface area contributed by atoms with Gasteiger partial charge in [-0.2, -0.15) is 0 Å². The molecule has 3 N–H and O–H groups in total. The summed E-state index contributed by atoms with van der Waals surface area (Å²) in [5.74, 6) is 0. The largest absolute Gasteiger partial charge is 0.344 e. The van der Waals surface area contributed by atoms with Crippen LogP contribution in [0.25, 0.3) is 0 Å². The summed E-state index contributed by atoms with van der Waals surface area (Å²) < 4.78 is 0. The molecular weight excluding hydrogens is 91.0 g/mol. The van der Waals surface area contributed by atoms with Gasteiger partial charge in [-0.3, -0.25) is 0 Å². The molecule has 0 atom stereocenters. The van der Waals surface area contributed by atoms with Crippen molar-refractivity contribution < 1.29 is 0 Å². The molecule has 0 radical (unpaired) electrons. The summed E-state index contributed by atoms with van der Waals surface area (Å²) >= 11 is 0. The van der Waals surface area contributed by atoms with Gasteiger partial charge in [-0.05, 0) is 21.1 Å². The van der Waals surface area contributed by atoms with Gasteiger partial charge in [0.25, 0.3) is 0 Å². The van der Waals surface area contributed by atoms with E-state index in [1.165, 1.54) is 0 Å². The zero-order valence-electron chi connectivity index (χ0n) is 4.15. The standard InChI is InChI=1S/C3H9N.Al.H3N.3H/c1-4(2)3;;;;;/h1-3H3;;1H3;;;. The lowest BCUT2D eigenvalue weighted by Crippen LogP contribution is -1.99. The van der Waals surface area contributed by atoms with E-state index in [2.05, 4.69) is 0 Å². The molecule has 0 amide bonds. The minimum atomic E-state index is 0. The maximum atomic E-state index is 2.00. The molecule has 3 heteroatoms. The van der Waals surface area contributed by atoms with Gasteiger partial charge in [-0.1, -0.05) is 0 Å². The maximum absolute atomic E-state index is 2.00. The highest BCUT2D eigenvalue weighted by Crippen LogP contribution is 1.47. The third-order valence-electron chi connectivity index (χ3n) is 0. The van der Waals surface area contributed by atoms with Crippen LogP contribution in [0.3, 0.4) is 0 Å². The molecule has 0 heterocycles. The van der Waals surface area contributed by atoms with Crippen LogP contribution in [0.4, 0.5) is 0 Å². The van der Waals surface area contributed by atoms with Crippen LogP contribution in [0.2, 0.25) is 0 Å². The predicted octanol–water partition coefficient (Wildman–Crippen LogP) is -0.844. The lowest BCUT2D eigenvalue weighted by atomic mass is 11.0. The molecule has 0 aliphatic rings. The SMILES string of the molecule is CN(C)C.N.[AlH3]. The molecule has 0 aliphatic heterocycles. The average molecular weight is 106 g/mol. The predicted molar refractivity (Wildman–Crippen MR) is 34.6 cm³/mol. The fourth-order valence-electron chi connectivity index (χ4n) is 0. The Bertz CT molecular complexity index is 13.5. The second kappa shape index (κ2) is 9.07. The fourth-order valence-corrected chi connectivity index (χ4v) is 0. The molecule has 0 aliphatic carbocycles. The molecule has 2 nitrogen and oxygen atoms in total. The second-order valence-corrected chi connectivity index (χ2v) is 1.34. The van der Waals surface area contributed by atoms with E-state index in [-0.39, 0.29) is 23.5 Å². The first kappa shape index (κ1) is 16.1. The minimum absolute atomic E-state index is 0. The molecule has 0 bridgehead atoms. The highest BCUT2D eigenvalue weighted by molar-refractivity contribution is 5.75. The Hall–Kier alpha value is 0.452. The van der Waals surface area contributed by atoms with E-state index in [1.807, 2.05) is 26.0 Å². The molecule has 0 aromatic carbocycles. The summed E-state index contributed by atoms with van der Waals surface area (Å²) in [6.45, 7) is 0. The summed E-state index contributed by atoms with van der Waals surface area (Å²) in [5.41, 5.74) is 0. The Morgan fingerprint density at radius 3 is 1.00 bits per heavy atom. The highest BCUT2D eigenvalue weighted by atomic mass is 27.0. The van der Waals surface area contributed by atoms with E-state index >= 15 is 0 Å². The Morgan fingerprint density at radius 1 is 1.00 bits per heavy atom. The van der Waals surface area contributed by atoms with Gasteiger partial charge in [-0.15, -0.1) is 0 Å². The van der Waals surface area contributed by atoms with Gasteiger partial charge in [0.15, 0.2) is 17.4 Å². The molecule has 0 aromatic rings. The number of rotatable bonds is 0. The first-order valence-corrected chi connectivity index (χ1v) is 1.34. The van der Waals surface area contributed by atoms with Crippen molar-refractivity contribution in [3.8, 4) is 0 Å². The molecule has 0 spiro atoms.